The van der Waals surface area contributed by atoms with Gasteiger partial charge in [-0.05, 0) is 50.2 Å². The molecule has 2 atom stereocenters. The Bertz CT molecular complexity index is 2210. The number of aromatic nitrogens is 3. The van der Waals surface area contributed by atoms with Gasteiger partial charge in [-0.2, -0.15) is 0 Å². The number of pyridine rings is 2. The number of benzene rings is 2. The van der Waals surface area contributed by atoms with Crippen LogP contribution in [0.2, 0.25) is 10.0 Å². The number of carbonyl (C=O) groups is 2. The number of carbonyl (C=O) groups excluding carboxylic acids is 1. The molecule has 1 unspecified atom stereocenters. The lowest BCUT2D eigenvalue weighted by Gasteiger charge is -2.23. The van der Waals surface area contributed by atoms with E-state index in [0.29, 0.717) is 75.1 Å². The van der Waals surface area contributed by atoms with Crippen LogP contribution in [-0.4, -0.2) is 85.8 Å². The summed E-state index contributed by atoms with van der Waals surface area (Å²) >= 11 is 14.1. The number of ether oxygens (including phenoxy) is 1. The highest BCUT2D eigenvalue weighted by molar-refractivity contribution is 6.39. The zero-order valence-corrected chi connectivity index (χ0v) is 30.4. The third-order valence-corrected chi connectivity index (χ3v) is 9.78. The first-order chi connectivity index (χ1) is 24.9. The lowest BCUT2D eigenvalue weighted by atomic mass is 9.97. The lowest BCUT2D eigenvalue weighted by molar-refractivity contribution is -0.119. The maximum atomic E-state index is 13.2. The molecule has 3 aromatic heterocycles. The summed E-state index contributed by atoms with van der Waals surface area (Å²) in [6, 6.07) is 18.1. The first-order valence-corrected chi connectivity index (χ1v) is 17.4. The standard InChI is InChI=1S/C38H38Cl2N6O6/c1-22(47)18-44(2)19-25-17-41-32-16-23(14-15-46(32)37(25)49)27-6-4-7-28(34(27)39)29-8-5-9-30(35(29)40)31-12-10-24(36(43-31)52-3)20-45(38(50)51)21-26-11-13-33(48)42-26/h4-10,12,14-17,22,26,47H,11,13,18-21H2,1-3H3,(H,42,48)(H,50,51)/t22?,26-/m0/s1. The highest BCUT2D eigenvalue weighted by Gasteiger charge is 2.26. The summed E-state index contributed by atoms with van der Waals surface area (Å²) in [5.41, 5.74) is 5.35. The Labute approximate surface area is 310 Å². The highest BCUT2D eigenvalue weighted by Crippen LogP contribution is 2.42. The number of aliphatic hydroxyl groups excluding tert-OH is 1. The number of carboxylic acid groups (broad SMARTS) is 1. The van der Waals surface area contributed by atoms with Gasteiger partial charge in [0.05, 0.1) is 41.1 Å². The summed E-state index contributed by atoms with van der Waals surface area (Å²) in [5, 5.41) is 23.2. The van der Waals surface area contributed by atoms with E-state index in [-0.39, 0.29) is 36.5 Å². The van der Waals surface area contributed by atoms with Gasteiger partial charge in [0.15, 0.2) is 0 Å². The molecular formula is C38H38Cl2N6O6. The molecule has 5 aromatic rings. The molecule has 4 heterocycles. The molecule has 52 heavy (non-hydrogen) atoms. The Balaban J connectivity index is 1.28. The SMILES string of the molecule is COc1nc(-c2cccc(-c3cccc(-c4ccn5c(=O)c(CN(C)CC(C)O)cnc5c4)c3Cl)c2Cl)ccc1CN(C[C@@H]1CCC(=O)N1)C(=O)O. The molecule has 14 heteroatoms. The lowest BCUT2D eigenvalue weighted by Crippen LogP contribution is -2.41. The van der Waals surface area contributed by atoms with E-state index < -0.39 is 12.2 Å². The van der Waals surface area contributed by atoms with Crippen LogP contribution >= 0.6 is 23.2 Å². The van der Waals surface area contributed by atoms with Gasteiger partial charge in [-0.1, -0.05) is 59.6 Å². The van der Waals surface area contributed by atoms with Crippen LogP contribution in [0.3, 0.4) is 0 Å². The molecule has 270 valence electrons. The average molecular weight is 746 g/mol. The molecule has 3 N–H and O–H groups in total. The quantitative estimate of drug-likeness (QED) is 0.140. The van der Waals surface area contributed by atoms with Crippen molar-refractivity contribution in [3.63, 3.8) is 0 Å². The summed E-state index contributed by atoms with van der Waals surface area (Å²) in [6.07, 6.45) is 2.57. The number of rotatable bonds is 12. The minimum atomic E-state index is -1.11. The van der Waals surface area contributed by atoms with E-state index in [1.165, 1.54) is 16.4 Å². The summed E-state index contributed by atoms with van der Waals surface area (Å²) in [7, 11) is 3.31. The highest BCUT2D eigenvalue weighted by atomic mass is 35.5. The van der Waals surface area contributed by atoms with Gasteiger partial charge in [0.25, 0.3) is 5.56 Å². The van der Waals surface area contributed by atoms with Crippen molar-refractivity contribution in [3.05, 3.63) is 105 Å². The molecule has 1 fully saturated rings. The Hall–Kier alpha value is -5.01. The first-order valence-electron chi connectivity index (χ1n) is 16.7. The average Bonchev–Trinajstić information content (AvgIpc) is 3.53. The summed E-state index contributed by atoms with van der Waals surface area (Å²) < 4.78 is 7.08. The van der Waals surface area contributed by atoms with Crippen LogP contribution in [0.25, 0.3) is 39.2 Å². The zero-order valence-electron chi connectivity index (χ0n) is 28.8. The van der Waals surface area contributed by atoms with Crippen LogP contribution < -0.4 is 15.6 Å². The van der Waals surface area contributed by atoms with Crippen LogP contribution in [-0.2, 0) is 17.9 Å². The van der Waals surface area contributed by atoms with E-state index in [0.717, 1.165) is 11.1 Å². The number of aliphatic hydroxyl groups is 1. The summed E-state index contributed by atoms with van der Waals surface area (Å²) in [6.45, 7) is 2.66. The number of halogens is 2. The van der Waals surface area contributed by atoms with Crippen LogP contribution in [0.15, 0.2) is 77.9 Å². The van der Waals surface area contributed by atoms with E-state index in [9.17, 15) is 24.6 Å². The van der Waals surface area contributed by atoms with E-state index in [1.54, 1.807) is 37.5 Å². The van der Waals surface area contributed by atoms with Crippen LogP contribution in [0.1, 0.15) is 30.9 Å². The van der Waals surface area contributed by atoms with Crippen LogP contribution in [0.4, 0.5) is 4.79 Å². The largest absolute Gasteiger partial charge is 0.481 e. The van der Waals surface area contributed by atoms with E-state index in [4.69, 9.17) is 32.9 Å². The van der Waals surface area contributed by atoms with Crippen molar-refractivity contribution in [2.24, 2.45) is 0 Å². The maximum absolute atomic E-state index is 13.2. The Morgan fingerprint density at radius 2 is 1.71 bits per heavy atom. The fourth-order valence-electron chi connectivity index (χ4n) is 6.51. The molecule has 0 radical (unpaired) electrons. The Kier molecular flexibility index (Phi) is 11.1. The molecule has 0 bridgehead atoms. The van der Waals surface area contributed by atoms with Gasteiger partial charge in [0.2, 0.25) is 11.8 Å². The van der Waals surface area contributed by atoms with E-state index >= 15 is 0 Å². The van der Waals surface area contributed by atoms with Crippen LogP contribution in [0, 0.1) is 0 Å². The third-order valence-electron chi connectivity index (χ3n) is 8.96. The molecule has 1 aliphatic rings. The van der Waals surface area contributed by atoms with E-state index in [1.807, 2.05) is 54.4 Å². The van der Waals surface area contributed by atoms with Gasteiger partial charge in [-0.25, -0.2) is 14.8 Å². The van der Waals surface area contributed by atoms with Gasteiger partial charge in [-0.15, -0.1) is 0 Å². The molecule has 0 spiro atoms. The second kappa shape index (κ2) is 15.7. The van der Waals surface area contributed by atoms with Crippen LogP contribution in [0.5, 0.6) is 5.88 Å². The Morgan fingerprint density at radius 3 is 2.37 bits per heavy atom. The van der Waals surface area contributed by atoms with Crippen molar-refractivity contribution in [1.82, 2.24) is 29.5 Å². The molecule has 1 saturated heterocycles. The molecule has 12 nitrogen and oxygen atoms in total. The van der Waals surface area contributed by atoms with Crippen molar-refractivity contribution >= 4 is 40.8 Å². The second-order valence-corrected chi connectivity index (χ2v) is 13.7. The third kappa shape index (κ3) is 7.90. The second-order valence-electron chi connectivity index (χ2n) is 12.9. The van der Waals surface area contributed by atoms with Gasteiger partial charge in [0.1, 0.15) is 5.65 Å². The number of hydrogen-bond donors (Lipinski definition) is 3. The topological polar surface area (TPSA) is 150 Å². The van der Waals surface area contributed by atoms with Gasteiger partial charge < -0.3 is 25.2 Å². The Morgan fingerprint density at radius 1 is 1.02 bits per heavy atom. The van der Waals surface area contributed by atoms with Crippen molar-refractivity contribution in [3.8, 4) is 39.4 Å². The number of amides is 2. The van der Waals surface area contributed by atoms with Gasteiger partial charge in [-0.3, -0.25) is 18.9 Å². The number of hydrogen-bond acceptors (Lipinski definition) is 8. The van der Waals surface area contributed by atoms with Crippen molar-refractivity contribution in [2.75, 3.05) is 27.2 Å². The minimum absolute atomic E-state index is 0.0235. The number of nitrogens with zero attached hydrogens (tertiary/aromatic N) is 5. The fraction of sp³-hybridized carbons (Fsp3) is 0.289. The summed E-state index contributed by atoms with van der Waals surface area (Å²) in [4.78, 5) is 49.3. The predicted octanol–water partition coefficient (Wildman–Crippen LogP) is 5.98. The fourth-order valence-corrected chi connectivity index (χ4v) is 7.17. The number of methoxy groups -OCH3 is 1. The molecule has 1 aliphatic heterocycles. The van der Waals surface area contributed by atoms with Crippen molar-refractivity contribution in [2.45, 2.75) is 45.0 Å². The molecule has 0 saturated carbocycles. The van der Waals surface area contributed by atoms with E-state index in [2.05, 4.69) is 10.3 Å². The number of fused-ring (bicyclic) bond motifs is 1. The molecular weight excluding hydrogens is 707 g/mol. The van der Waals surface area contributed by atoms with Crippen molar-refractivity contribution < 1.29 is 24.5 Å². The number of nitrogens with one attached hydrogen (secondary N) is 1. The van der Waals surface area contributed by atoms with Gasteiger partial charge >= 0.3 is 6.09 Å². The molecule has 6 rings (SSSR count). The maximum Gasteiger partial charge on any atom is 0.407 e. The molecule has 2 aromatic carbocycles. The first kappa shape index (κ1) is 36.8. The number of likely N-dealkylation sites (N-methyl/N-ethyl adjacent to an activating group) is 1. The monoisotopic (exact) mass is 744 g/mol. The molecule has 2 amide bonds. The summed E-state index contributed by atoms with van der Waals surface area (Å²) in [5.74, 6) is 0.169. The molecule has 0 aliphatic carbocycles. The van der Waals surface area contributed by atoms with Gasteiger partial charge in [0, 0.05) is 72.3 Å². The minimum Gasteiger partial charge on any atom is -0.481 e. The predicted molar refractivity (Wildman–Crippen MR) is 200 cm³/mol. The zero-order chi connectivity index (χ0) is 37.1. The normalized spacial score (nSPS) is 14.8. The van der Waals surface area contributed by atoms with Crippen molar-refractivity contribution in [1.29, 1.82) is 0 Å². The smallest absolute Gasteiger partial charge is 0.407 e.